The highest BCUT2D eigenvalue weighted by Crippen LogP contribution is 2.38. The molecule has 0 unspecified atom stereocenters. The van der Waals surface area contributed by atoms with E-state index in [0.29, 0.717) is 36.2 Å². The van der Waals surface area contributed by atoms with E-state index in [2.05, 4.69) is 20.2 Å². The molecule has 0 N–H and O–H groups in total. The average molecular weight is 563 g/mol. The second-order valence-electron chi connectivity index (χ2n) is 9.45. The first kappa shape index (κ1) is 27.2. The summed E-state index contributed by atoms with van der Waals surface area (Å²) in [5, 5.41) is 7.89. The lowest BCUT2D eigenvalue weighted by molar-refractivity contribution is 0.0897. The number of ether oxygens (including phenoxy) is 4. The van der Waals surface area contributed by atoms with Crippen LogP contribution in [0.4, 0.5) is 10.3 Å². The first-order valence-electron chi connectivity index (χ1n) is 12.6. The van der Waals surface area contributed by atoms with Crippen molar-refractivity contribution in [1.82, 2.24) is 24.7 Å². The van der Waals surface area contributed by atoms with Gasteiger partial charge in [0, 0.05) is 26.8 Å². The molecule has 210 valence electrons. The molecule has 0 aliphatic carbocycles. The Morgan fingerprint density at radius 1 is 1.08 bits per heavy atom. The number of halogens is 1. The van der Waals surface area contributed by atoms with E-state index in [4.69, 9.17) is 18.9 Å². The number of sulfone groups is 1. The minimum Gasteiger partial charge on any atom is -0.494 e. The minimum absolute atomic E-state index is 0.124. The van der Waals surface area contributed by atoms with Crippen molar-refractivity contribution in [3.63, 3.8) is 0 Å². The highest BCUT2D eigenvalue weighted by Gasteiger charge is 2.39. The summed E-state index contributed by atoms with van der Waals surface area (Å²) in [5.41, 5.74) is 0.503. The summed E-state index contributed by atoms with van der Waals surface area (Å²) in [6, 6.07) is 5.31. The number of benzene rings is 1. The predicted molar refractivity (Wildman–Crippen MR) is 138 cm³/mol. The molecule has 2 aliphatic heterocycles. The number of rotatable bonds is 9. The number of para-hydroxylation sites is 1. The number of anilines is 1. The molecule has 3 aromatic rings. The Labute approximate surface area is 226 Å². The maximum atomic E-state index is 13.9. The summed E-state index contributed by atoms with van der Waals surface area (Å²) in [4.78, 5) is 9.76. The quantitative estimate of drug-likeness (QED) is 0.381. The molecule has 0 amide bonds. The van der Waals surface area contributed by atoms with Crippen molar-refractivity contribution in [3.8, 4) is 17.2 Å². The molecular formula is C25H31FN6O6S. The van der Waals surface area contributed by atoms with Gasteiger partial charge in [-0.15, -0.1) is 10.2 Å². The topological polar surface area (TPSA) is 131 Å². The van der Waals surface area contributed by atoms with Gasteiger partial charge in [0.25, 0.3) is 0 Å². The standard InChI is InChI=1S/C25H31FN6O6S/c1-35-17-10-18(14-31(13-17)25-27-11-16(26)12-28-25)39(33,34)15-22-29-30-24(21-8-5-9-38-21)32(22)23-19(36-2)6-4-7-20(23)37-3/h4,6-7,11-12,17-18,21H,5,8-10,13-15H2,1-3H3/t17-,18-,21+/m0/s1. The summed E-state index contributed by atoms with van der Waals surface area (Å²) < 4.78 is 65.6. The van der Waals surface area contributed by atoms with Gasteiger partial charge >= 0.3 is 0 Å². The molecule has 4 heterocycles. The maximum Gasteiger partial charge on any atom is 0.225 e. The maximum absolute atomic E-state index is 13.9. The Morgan fingerprint density at radius 3 is 2.41 bits per heavy atom. The average Bonchev–Trinajstić information content (AvgIpc) is 3.62. The van der Waals surface area contributed by atoms with E-state index < -0.39 is 26.7 Å². The van der Waals surface area contributed by atoms with Gasteiger partial charge in [-0.05, 0) is 31.4 Å². The van der Waals surface area contributed by atoms with Gasteiger partial charge < -0.3 is 23.8 Å². The van der Waals surface area contributed by atoms with Gasteiger partial charge in [-0.3, -0.25) is 4.57 Å². The molecule has 1 aromatic carbocycles. The zero-order chi connectivity index (χ0) is 27.6. The lowest BCUT2D eigenvalue weighted by Gasteiger charge is -2.36. The largest absolute Gasteiger partial charge is 0.494 e. The summed E-state index contributed by atoms with van der Waals surface area (Å²) in [6.45, 7) is 1.08. The molecule has 5 rings (SSSR count). The Bertz CT molecular complexity index is 1370. The second-order valence-corrected chi connectivity index (χ2v) is 11.7. The molecule has 0 saturated carbocycles. The number of nitrogens with zero attached hydrogens (tertiary/aromatic N) is 6. The van der Waals surface area contributed by atoms with Crippen LogP contribution in [0.1, 0.15) is 37.0 Å². The first-order chi connectivity index (χ1) is 18.8. The van der Waals surface area contributed by atoms with Crippen LogP contribution in [0.5, 0.6) is 11.5 Å². The Hall–Kier alpha value is -3.36. The molecular weight excluding hydrogens is 531 g/mol. The van der Waals surface area contributed by atoms with E-state index in [-0.39, 0.29) is 36.9 Å². The van der Waals surface area contributed by atoms with Crippen molar-refractivity contribution in [2.45, 2.75) is 42.5 Å². The Kier molecular flexibility index (Phi) is 7.96. The molecule has 14 heteroatoms. The molecule has 0 spiro atoms. The van der Waals surface area contributed by atoms with Gasteiger partial charge in [-0.1, -0.05) is 6.07 Å². The summed E-state index contributed by atoms with van der Waals surface area (Å²) in [5.74, 6) is 0.922. The third-order valence-corrected chi connectivity index (χ3v) is 9.05. The summed E-state index contributed by atoms with van der Waals surface area (Å²) >= 11 is 0. The third-order valence-electron chi connectivity index (χ3n) is 7.03. The van der Waals surface area contributed by atoms with Crippen LogP contribution < -0.4 is 14.4 Å². The fraction of sp³-hybridized carbons (Fsp3) is 0.520. The normalized spacial score (nSPS) is 21.7. The van der Waals surface area contributed by atoms with E-state index in [0.717, 1.165) is 25.2 Å². The van der Waals surface area contributed by atoms with Crippen LogP contribution in [0.25, 0.3) is 5.69 Å². The molecule has 3 atom stereocenters. The first-order valence-corrected chi connectivity index (χ1v) is 14.3. The summed E-state index contributed by atoms with van der Waals surface area (Å²) in [6.07, 6.45) is 3.24. The van der Waals surface area contributed by atoms with Crippen LogP contribution >= 0.6 is 0 Å². The fourth-order valence-corrected chi connectivity index (χ4v) is 6.78. The van der Waals surface area contributed by atoms with Gasteiger partial charge in [-0.2, -0.15) is 0 Å². The second kappa shape index (κ2) is 11.4. The predicted octanol–water partition coefficient (Wildman–Crippen LogP) is 2.27. The van der Waals surface area contributed by atoms with Crippen LogP contribution in [0, 0.1) is 5.82 Å². The van der Waals surface area contributed by atoms with Gasteiger partial charge in [0.1, 0.15) is 29.0 Å². The van der Waals surface area contributed by atoms with Crippen LogP contribution in [0.15, 0.2) is 30.6 Å². The number of hydrogen-bond acceptors (Lipinski definition) is 11. The van der Waals surface area contributed by atoms with Crippen molar-refractivity contribution in [1.29, 1.82) is 0 Å². The highest BCUT2D eigenvalue weighted by atomic mass is 32.2. The van der Waals surface area contributed by atoms with E-state index in [1.165, 1.54) is 21.3 Å². The molecule has 0 bridgehead atoms. The Morgan fingerprint density at radius 2 is 1.79 bits per heavy atom. The third kappa shape index (κ3) is 5.54. The lowest BCUT2D eigenvalue weighted by atomic mass is 10.1. The SMILES string of the molecule is COc1cccc(OC)c1-n1c(CS(=O)(=O)[C@H]2C[C@H](OC)CN(c3ncc(F)cn3)C2)nnc1[C@H]1CCCO1. The van der Waals surface area contributed by atoms with Crippen molar-refractivity contribution in [2.75, 3.05) is 45.9 Å². The van der Waals surface area contributed by atoms with Crippen LogP contribution in [-0.2, 0) is 25.1 Å². The van der Waals surface area contributed by atoms with Crippen LogP contribution in [-0.4, -0.2) is 85.5 Å². The fourth-order valence-electron chi connectivity index (χ4n) is 5.08. The van der Waals surface area contributed by atoms with E-state index in [1.807, 2.05) is 0 Å². The number of aromatic nitrogens is 5. The molecule has 2 aromatic heterocycles. The molecule has 0 radical (unpaired) electrons. The summed E-state index contributed by atoms with van der Waals surface area (Å²) in [7, 11) is 0.787. The molecule has 12 nitrogen and oxygen atoms in total. The van der Waals surface area contributed by atoms with E-state index in [1.54, 1.807) is 27.7 Å². The number of methoxy groups -OCH3 is 3. The number of hydrogen-bond donors (Lipinski definition) is 0. The zero-order valence-electron chi connectivity index (χ0n) is 22.0. The van der Waals surface area contributed by atoms with Gasteiger partial charge in [-0.25, -0.2) is 22.8 Å². The highest BCUT2D eigenvalue weighted by molar-refractivity contribution is 7.91. The van der Waals surface area contributed by atoms with Crippen LogP contribution in [0.3, 0.4) is 0 Å². The molecule has 2 aliphatic rings. The van der Waals surface area contributed by atoms with Crippen molar-refractivity contribution in [3.05, 3.63) is 48.1 Å². The van der Waals surface area contributed by atoms with Gasteiger partial charge in [0.05, 0.1) is 38.0 Å². The lowest BCUT2D eigenvalue weighted by Crippen LogP contribution is -2.50. The van der Waals surface area contributed by atoms with Crippen molar-refractivity contribution in [2.24, 2.45) is 0 Å². The van der Waals surface area contributed by atoms with Crippen molar-refractivity contribution < 1.29 is 31.8 Å². The number of piperidine rings is 1. The van der Waals surface area contributed by atoms with Crippen molar-refractivity contribution >= 4 is 15.8 Å². The molecule has 2 fully saturated rings. The minimum atomic E-state index is -3.81. The molecule has 2 saturated heterocycles. The molecule has 39 heavy (non-hydrogen) atoms. The van der Waals surface area contributed by atoms with Gasteiger partial charge in [0.15, 0.2) is 27.3 Å². The monoisotopic (exact) mass is 562 g/mol. The van der Waals surface area contributed by atoms with E-state index >= 15 is 0 Å². The van der Waals surface area contributed by atoms with Crippen LogP contribution in [0.2, 0.25) is 0 Å². The van der Waals surface area contributed by atoms with Gasteiger partial charge in [0.2, 0.25) is 5.95 Å². The zero-order valence-corrected chi connectivity index (χ0v) is 22.8. The van der Waals surface area contributed by atoms with E-state index in [9.17, 15) is 12.8 Å². The smallest absolute Gasteiger partial charge is 0.225 e. The Balaban J connectivity index is 1.52.